The highest BCUT2D eigenvalue weighted by Crippen LogP contribution is 2.34. The smallest absolute Gasteiger partial charge is 0.136 e. The van der Waals surface area contributed by atoms with Crippen LogP contribution in [0.2, 0.25) is 0 Å². The lowest BCUT2D eigenvalue weighted by molar-refractivity contribution is -0.128. The number of carbonyl (C=O) groups excluding carboxylic acids is 2. The number of hydrogen-bond donors (Lipinski definition) is 1. The molecule has 1 fully saturated rings. The Hall–Kier alpha value is -0.700. The van der Waals surface area contributed by atoms with Crippen LogP contribution in [-0.4, -0.2) is 18.1 Å². The molecule has 1 aliphatic rings. The fourth-order valence-electron chi connectivity index (χ4n) is 3.53. The minimum Gasteiger partial charge on any atom is -0.330 e. The van der Waals surface area contributed by atoms with Gasteiger partial charge in [-0.15, -0.1) is 0 Å². The molecule has 1 rings (SSSR count). The number of hydrogen-bond acceptors (Lipinski definition) is 3. The molecule has 3 nitrogen and oxygen atoms in total. The molecule has 2 N–H and O–H groups in total. The molecule has 0 aromatic carbocycles. The molecule has 1 saturated carbocycles. The van der Waals surface area contributed by atoms with Gasteiger partial charge in [0.1, 0.15) is 11.6 Å². The largest absolute Gasteiger partial charge is 0.330 e. The van der Waals surface area contributed by atoms with Crippen LogP contribution >= 0.6 is 0 Å². The molecule has 0 aromatic heterocycles. The van der Waals surface area contributed by atoms with Gasteiger partial charge in [-0.05, 0) is 31.6 Å². The van der Waals surface area contributed by atoms with Gasteiger partial charge in [-0.1, -0.05) is 33.1 Å². The van der Waals surface area contributed by atoms with Crippen molar-refractivity contribution in [3.05, 3.63) is 0 Å². The Balaban J connectivity index is 2.59. The predicted molar refractivity (Wildman–Crippen MR) is 77.8 cm³/mol. The van der Waals surface area contributed by atoms with Gasteiger partial charge in [0, 0.05) is 24.8 Å². The number of ketones is 2. The van der Waals surface area contributed by atoms with Crippen molar-refractivity contribution in [2.45, 2.75) is 59.3 Å². The maximum absolute atomic E-state index is 12.5. The van der Waals surface area contributed by atoms with Gasteiger partial charge in [0.15, 0.2) is 0 Å². The summed E-state index contributed by atoms with van der Waals surface area (Å²) in [5.41, 5.74) is 5.65. The Bertz CT molecular complexity index is 314. The van der Waals surface area contributed by atoms with E-state index in [0.29, 0.717) is 24.7 Å². The van der Waals surface area contributed by atoms with Gasteiger partial charge in [-0.2, -0.15) is 0 Å². The van der Waals surface area contributed by atoms with Crippen molar-refractivity contribution in [2.75, 3.05) is 6.54 Å². The van der Waals surface area contributed by atoms with E-state index in [1.54, 1.807) is 6.92 Å². The summed E-state index contributed by atoms with van der Waals surface area (Å²) >= 11 is 0. The highest BCUT2D eigenvalue weighted by molar-refractivity contribution is 5.83. The van der Waals surface area contributed by atoms with E-state index in [4.69, 9.17) is 5.73 Å². The van der Waals surface area contributed by atoms with Crippen LogP contribution in [0.3, 0.4) is 0 Å². The van der Waals surface area contributed by atoms with E-state index in [2.05, 4.69) is 6.92 Å². The van der Waals surface area contributed by atoms with Gasteiger partial charge in [0.2, 0.25) is 0 Å². The predicted octanol–water partition coefficient (Wildman–Crippen LogP) is 2.96. The third-order valence-electron chi connectivity index (χ3n) is 4.83. The number of Topliss-reactive ketones (excluding diaryl/α,β-unsaturated/α-hetero) is 2. The van der Waals surface area contributed by atoms with Crippen LogP contribution < -0.4 is 5.73 Å². The van der Waals surface area contributed by atoms with Crippen molar-refractivity contribution in [1.29, 1.82) is 0 Å². The van der Waals surface area contributed by atoms with E-state index in [1.807, 2.05) is 6.92 Å². The molecule has 0 saturated heterocycles. The summed E-state index contributed by atoms with van der Waals surface area (Å²) in [7, 11) is 0. The molecule has 0 spiro atoms. The maximum atomic E-state index is 12.5. The van der Waals surface area contributed by atoms with Gasteiger partial charge in [0.05, 0.1) is 0 Å². The summed E-state index contributed by atoms with van der Waals surface area (Å²) in [4.78, 5) is 24.0. The standard InChI is InChI=1S/C16H29NO2/c1-4-13-7-5-6-8-14(13)16(19)9-11(2)15(10-17)12(3)18/h11,13-15H,4-10,17H2,1-3H3/t11-,13-,14?,15?/m1/s1. The highest BCUT2D eigenvalue weighted by atomic mass is 16.1. The number of carbonyl (C=O) groups is 2. The number of nitrogens with two attached hydrogens (primary N) is 1. The first-order chi connectivity index (χ1) is 9.01. The lowest BCUT2D eigenvalue weighted by Crippen LogP contribution is -2.33. The SMILES string of the molecule is CC[C@@H]1CCCCC1C(=O)C[C@@H](C)C(CN)C(C)=O. The summed E-state index contributed by atoms with van der Waals surface area (Å²) in [6.45, 7) is 6.10. The van der Waals surface area contributed by atoms with Crippen LogP contribution in [0.5, 0.6) is 0 Å². The third kappa shape index (κ3) is 4.41. The monoisotopic (exact) mass is 267 g/mol. The molecular weight excluding hydrogens is 238 g/mol. The summed E-state index contributed by atoms with van der Waals surface area (Å²) in [5, 5.41) is 0. The van der Waals surface area contributed by atoms with E-state index in [-0.39, 0.29) is 23.5 Å². The van der Waals surface area contributed by atoms with Crippen molar-refractivity contribution in [2.24, 2.45) is 29.4 Å². The van der Waals surface area contributed by atoms with E-state index in [0.717, 1.165) is 12.8 Å². The molecule has 0 amide bonds. The molecule has 19 heavy (non-hydrogen) atoms. The molecule has 0 aliphatic heterocycles. The Morgan fingerprint density at radius 3 is 2.42 bits per heavy atom. The zero-order chi connectivity index (χ0) is 14.4. The van der Waals surface area contributed by atoms with E-state index >= 15 is 0 Å². The molecule has 2 unspecified atom stereocenters. The summed E-state index contributed by atoms with van der Waals surface area (Å²) in [5.74, 6) is 1.17. The summed E-state index contributed by atoms with van der Waals surface area (Å²) in [6.07, 6.45) is 6.27. The molecule has 1 aliphatic carbocycles. The summed E-state index contributed by atoms with van der Waals surface area (Å²) < 4.78 is 0. The third-order valence-corrected chi connectivity index (χ3v) is 4.83. The first kappa shape index (κ1) is 16.4. The average molecular weight is 267 g/mol. The topological polar surface area (TPSA) is 60.2 Å². The van der Waals surface area contributed by atoms with Gasteiger partial charge in [0.25, 0.3) is 0 Å². The summed E-state index contributed by atoms with van der Waals surface area (Å²) in [6, 6.07) is 0. The minimum absolute atomic E-state index is 0.0782. The van der Waals surface area contributed by atoms with Crippen LogP contribution in [0.15, 0.2) is 0 Å². The molecule has 0 radical (unpaired) electrons. The quantitative estimate of drug-likeness (QED) is 0.771. The Morgan fingerprint density at radius 2 is 1.89 bits per heavy atom. The Labute approximate surface area is 117 Å². The zero-order valence-electron chi connectivity index (χ0n) is 12.7. The Kier molecular flexibility index (Phi) is 6.70. The minimum atomic E-state index is -0.160. The van der Waals surface area contributed by atoms with Gasteiger partial charge >= 0.3 is 0 Å². The van der Waals surface area contributed by atoms with Crippen LogP contribution in [0.25, 0.3) is 0 Å². The number of rotatable bonds is 7. The van der Waals surface area contributed by atoms with Crippen LogP contribution in [-0.2, 0) is 9.59 Å². The first-order valence-corrected chi connectivity index (χ1v) is 7.74. The van der Waals surface area contributed by atoms with Gasteiger partial charge < -0.3 is 5.73 Å². The van der Waals surface area contributed by atoms with E-state index in [9.17, 15) is 9.59 Å². The van der Waals surface area contributed by atoms with Crippen molar-refractivity contribution in [1.82, 2.24) is 0 Å². The molecular formula is C16H29NO2. The van der Waals surface area contributed by atoms with Crippen molar-refractivity contribution in [3.63, 3.8) is 0 Å². The molecule has 0 aromatic rings. The molecule has 3 heteroatoms. The lowest BCUT2D eigenvalue weighted by Gasteiger charge is -2.31. The fourth-order valence-corrected chi connectivity index (χ4v) is 3.53. The highest BCUT2D eigenvalue weighted by Gasteiger charge is 2.32. The fraction of sp³-hybridized carbons (Fsp3) is 0.875. The first-order valence-electron chi connectivity index (χ1n) is 7.74. The average Bonchev–Trinajstić information content (AvgIpc) is 2.38. The van der Waals surface area contributed by atoms with Gasteiger partial charge in [-0.3, -0.25) is 9.59 Å². The molecule has 0 heterocycles. The van der Waals surface area contributed by atoms with Crippen molar-refractivity contribution < 1.29 is 9.59 Å². The molecule has 4 atom stereocenters. The lowest BCUT2D eigenvalue weighted by atomic mass is 9.73. The second-order valence-corrected chi connectivity index (χ2v) is 6.16. The van der Waals surface area contributed by atoms with E-state index < -0.39 is 0 Å². The van der Waals surface area contributed by atoms with Crippen LogP contribution in [0.4, 0.5) is 0 Å². The van der Waals surface area contributed by atoms with Crippen LogP contribution in [0, 0.1) is 23.7 Å². The molecule has 0 bridgehead atoms. The van der Waals surface area contributed by atoms with Crippen molar-refractivity contribution in [3.8, 4) is 0 Å². The second-order valence-electron chi connectivity index (χ2n) is 6.16. The van der Waals surface area contributed by atoms with Crippen molar-refractivity contribution >= 4 is 11.6 Å². The Morgan fingerprint density at radius 1 is 1.26 bits per heavy atom. The van der Waals surface area contributed by atoms with E-state index in [1.165, 1.54) is 19.3 Å². The zero-order valence-corrected chi connectivity index (χ0v) is 12.7. The normalized spacial score (nSPS) is 26.7. The van der Waals surface area contributed by atoms with Gasteiger partial charge in [-0.25, -0.2) is 0 Å². The maximum Gasteiger partial charge on any atom is 0.136 e. The second kappa shape index (κ2) is 7.78. The van der Waals surface area contributed by atoms with Crippen LogP contribution in [0.1, 0.15) is 59.3 Å². The molecule has 110 valence electrons.